The van der Waals surface area contributed by atoms with Gasteiger partial charge in [0.25, 0.3) is 5.91 Å². The highest BCUT2D eigenvalue weighted by atomic mass is 16.6. The summed E-state index contributed by atoms with van der Waals surface area (Å²) in [4.78, 5) is 25.2. The van der Waals surface area contributed by atoms with Crippen LogP contribution in [0.15, 0.2) is 18.2 Å². The lowest BCUT2D eigenvalue weighted by Gasteiger charge is -2.35. The van der Waals surface area contributed by atoms with Crippen LogP contribution in [0.2, 0.25) is 0 Å². The van der Waals surface area contributed by atoms with Crippen molar-refractivity contribution in [1.82, 2.24) is 4.90 Å². The van der Waals surface area contributed by atoms with Crippen molar-refractivity contribution in [2.75, 3.05) is 25.5 Å². The molecule has 0 aliphatic carbocycles. The van der Waals surface area contributed by atoms with Crippen LogP contribution in [0.5, 0.6) is 0 Å². The molecular formula is C15H21N3O3. The minimum Gasteiger partial charge on any atom is -0.383 e. The normalized spacial score (nSPS) is 22.0. The molecule has 6 nitrogen and oxygen atoms in total. The lowest BCUT2D eigenvalue weighted by Crippen LogP contribution is -2.42. The first-order chi connectivity index (χ1) is 9.93. The van der Waals surface area contributed by atoms with Gasteiger partial charge in [0.05, 0.1) is 4.92 Å². The molecule has 0 aromatic heterocycles. The monoisotopic (exact) mass is 291 g/mol. The van der Waals surface area contributed by atoms with Crippen LogP contribution < -0.4 is 5.32 Å². The summed E-state index contributed by atoms with van der Waals surface area (Å²) in [7, 11) is 1.61. The van der Waals surface area contributed by atoms with Gasteiger partial charge in [-0.15, -0.1) is 0 Å². The molecule has 1 fully saturated rings. The van der Waals surface area contributed by atoms with Crippen molar-refractivity contribution in [1.29, 1.82) is 0 Å². The minimum absolute atomic E-state index is 0.143. The van der Waals surface area contributed by atoms with Gasteiger partial charge in [-0.2, -0.15) is 0 Å². The second-order valence-electron chi connectivity index (χ2n) is 5.87. The average molecular weight is 291 g/mol. The van der Waals surface area contributed by atoms with Gasteiger partial charge in [0, 0.05) is 20.1 Å². The Morgan fingerprint density at radius 3 is 2.48 bits per heavy atom. The molecule has 6 heteroatoms. The summed E-state index contributed by atoms with van der Waals surface area (Å²) in [5, 5.41) is 14.1. The molecule has 2 unspecified atom stereocenters. The molecule has 2 atom stereocenters. The lowest BCUT2D eigenvalue weighted by atomic mass is 9.91. The third kappa shape index (κ3) is 3.15. The number of nitro groups is 1. The number of para-hydroxylation sites is 1. The topological polar surface area (TPSA) is 75.5 Å². The van der Waals surface area contributed by atoms with E-state index in [4.69, 9.17) is 0 Å². The SMILES string of the molecule is CNc1cccc(C(=O)N2CC(C)CC(C)C2)c1[N+](=O)[O-]. The maximum Gasteiger partial charge on any atom is 0.305 e. The molecule has 0 saturated carbocycles. The van der Waals surface area contributed by atoms with Crippen LogP contribution >= 0.6 is 0 Å². The van der Waals surface area contributed by atoms with E-state index < -0.39 is 4.92 Å². The van der Waals surface area contributed by atoms with Gasteiger partial charge in [-0.05, 0) is 30.4 Å². The highest BCUT2D eigenvalue weighted by Crippen LogP contribution is 2.31. The molecular weight excluding hydrogens is 270 g/mol. The van der Waals surface area contributed by atoms with Crippen LogP contribution in [0.3, 0.4) is 0 Å². The molecule has 1 amide bonds. The van der Waals surface area contributed by atoms with Crippen LogP contribution in [0.4, 0.5) is 11.4 Å². The number of nitrogens with zero attached hydrogens (tertiary/aromatic N) is 2. The molecule has 1 aliphatic rings. The van der Waals surface area contributed by atoms with E-state index >= 15 is 0 Å². The average Bonchev–Trinajstić information content (AvgIpc) is 2.44. The zero-order chi connectivity index (χ0) is 15.6. The van der Waals surface area contributed by atoms with Crippen LogP contribution in [-0.4, -0.2) is 35.9 Å². The van der Waals surface area contributed by atoms with E-state index in [0.29, 0.717) is 30.6 Å². The molecule has 1 aromatic carbocycles. The third-order valence-corrected chi connectivity index (χ3v) is 3.87. The van der Waals surface area contributed by atoms with E-state index in [-0.39, 0.29) is 17.2 Å². The summed E-state index contributed by atoms with van der Waals surface area (Å²) in [5.41, 5.74) is 0.382. The molecule has 1 N–H and O–H groups in total. The second kappa shape index (κ2) is 6.11. The number of hydrogen-bond acceptors (Lipinski definition) is 4. The Morgan fingerprint density at radius 2 is 1.95 bits per heavy atom. The molecule has 21 heavy (non-hydrogen) atoms. The predicted octanol–water partition coefficient (Wildman–Crippen LogP) is 2.75. The molecule has 1 aliphatic heterocycles. The third-order valence-electron chi connectivity index (χ3n) is 3.87. The van der Waals surface area contributed by atoms with Gasteiger partial charge in [0.2, 0.25) is 0 Å². The number of hydrogen-bond donors (Lipinski definition) is 1. The summed E-state index contributed by atoms with van der Waals surface area (Å²) in [6.07, 6.45) is 1.09. The fourth-order valence-electron chi connectivity index (χ4n) is 3.11. The Kier molecular flexibility index (Phi) is 4.45. The van der Waals surface area contributed by atoms with Crippen molar-refractivity contribution in [2.24, 2.45) is 11.8 Å². The maximum absolute atomic E-state index is 12.7. The number of amides is 1. The first-order valence-corrected chi connectivity index (χ1v) is 7.18. The summed E-state index contributed by atoms with van der Waals surface area (Å²) in [5.74, 6) is 0.589. The number of likely N-dealkylation sites (tertiary alicyclic amines) is 1. The number of anilines is 1. The molecule has 1 saturated heterocycles. The number of carbonyl (C=O) groups is 1. The van der Waals surface area contributed by atoms with Gasteiger partial charge in [0.15, 0.2) is 0 Å². The highest BCUT2D eigenvalue weighted by molar-refractivity contribution is 6.00. The quantitative estimate of drug-likeness (QED) is 0.686. The van der Waals surface area contributed by atoms with Gasteiger partial charge < -0.3 is 10.2 Å². The van der Waals surface area contributed by atoms with E-state index in [9.17, 15) is 14.9 Å². The van der Waals surface area contributed by atoms with Crippen molar-refractivity contribution < 1.29 is 9.72 Å². The molecule has 0 bridgehead atoms. The van der Waals surface area contributed by atoms with Crippen LogP contribution in [0.1, 0.15) is 30.6 Å². The zero-order valence-corrected chi connectivity index (χ0v) is 12.6. The fourth-order valence-corrected chi connectivity index (χ4v) is 3.11. The summed E-state index contributed by atoms with van der Waals surface area (Å²) in [6.45, 7) is 5.52. The van der Waals surface area contributed by atoms with Gasteiger partial charge in [0.1, 0.15) is 11.3 Å². The Balaban J connectivity index is 2.37. The molecule has 114 valence electrons. The van der Waals surface area contributed by atoms with E-state index in [0.717, 1.165) is 6.42 Å². The molecule has 2 rings (SSSR count). The Bertz CT molecular complexity index is 549. The minimum atomic E-state index is -0.490. The zero-order valence-electron chi connectivity index (χ0n) is 12.6. The van der Waals surface area contributed by atoms with Crippen molar-refractivity contribution >= 4 is 17.3 Å². The summed E-state index contributed by atoms with van der Waals surface area (Å²) >= 11 is 0. The Hall–Kier alpha value is -2.11. The number of carbonyl (C=O) groups excluding carboxylic acids is 1. The van der Waals surface area contributed by atoms with Crippen LogP contribution in [0.25, 0.3) is 0 Å². The van der Waals surface area contributed by atoms with E-state index in [2.05, 4.69) is 19.2 Å². The smallest absolute Gasteiger partial charge is 0.305 e. The van der Waals surface area contributed by atoms with Gasteiger partial charge in [-0.3, -0.25) is 14.9 Å². The fraction of sp³-hybridized carbons (Fsp3) is 0.533. The Labute approximate surface area is 124 Å². The van der Waals surface area contributed by atoms with E-state index in [1.165, 1.54) is 6.07 Å². The predicted molar refractivity (Wildman–Crippen MR) is 81.5 cm³/mol. The molecule has 1 aromatic rings. The number of nitro benzene ring substituents is 1. The van der Waals surface area contributed by atoms with Crippen molar-refractivity contribution in [3.63, 3.8) is 0 Å². The second-order valence-corrected chi connectivity index (χ2v) is 5.87. The Morgan fingerprint density at radius 1 is 1.33 bits per heavy atom. The van der Waals surface area contributed by atoms with Crippen molar-refractivity contribution in [3.05, 3.63) is 33.9 Å². The number of piperidine rings is 1. The van der Waals surface area contributed by atoms with Gasteiger partial charge in [-0.1, -0.05) is 19.9 Å². The lowest BCUT2D eigenvalue weighted by molar-refractivity contribution is -0.384. The standard InChI is InChI=1S/C15H21N3O3/c1-10-7-11(2)9-17(8-10)15(19)12-5-4-6-13(16-3)14(12)18(20)21/h4-6,10-11,16H,7-9H2,1-3H3. The van der Waals surface area contributed by atoms with Gasteiger partial charge >= 0.3 is 5.69 Å². The van der Waals surface area contributed by atoms with Crippen molar-refractivity contribution in [2.45, 2.75) is 20.3 Å². The molecule has 0 spiro atoms. The summed E-state index contributed by atoms with van der Waals surface area (Å²) in [6, 6.07) is 4.81. The maximum atomic E-state index is 12.7. The number of nitrogens with one attached hydrogen (secondary N) is 1. The molecule has 1 heterocycles. The first kappa shape index (κ1) is 15.3. The summed E-state index contributed by atoms with van der Waals surface area (Å²) < 4.78 is 0. The first-order valence-electron chi connectivity index (χ1n) is 7.18. The largest absolute Gasteiger partial charge is 0.383 e. The van der Waals surface area contributed by atoms with Crippen LogP contribution in [-0.2, 0) is 0 Å². The van der Waals surface area contributed by atoms with E-state index in [1.54, 1.807) is 24.1 Å². The number of benzene rings is 1. The van der Waals surface area contributed by atoms with Gasteiger partial charge in [-0.25, -0.2) is 0 Å². The van der Waals surface area contributed by atoms with Crippen LogP contribution in [0, 0.1) is 22.0 Å². The number of rotatable bonds is 3. The van der Waals surface area contributed by atoms with E-state index in [1.807, 2.05) is 0 Å². The van der Waals surface area contributed by atoms with Crippen molar-refractivity contribution in [3.8, 4) is 0 Å². The highest BCUT2D eigenvalue weighted by Gasteiger charge is 2.31. The molecule has 0 radical (unpaired) electrons.